The molecule has 3 nitrogen and oxygen atoms in total. The lowest BCUT2D eigenvalue weighted by Gasteiger charge is -2.21. The van der Waals surface area contributed by atoms with Crippen LogP contribution in [0.2, 0.25) is 12.1 Å². The second kappa shape index (κ2) is 4.08. The highest BCUT2D eigenvalue weighted by atomic mass is 28.3. The molecular formula is C6H14O3Si. The Morgan fingerprint density at radius 1 is 1.40 bits per heavy atom. The van der Waals surface area contributed by atoms with Crippen LogP contribution in [-0.2, 0) is 4.43 Å². The molecule has 0 amide bonds. The number of hydrogen-bond donors (Lipinski definition) is 2. The van der Waals surface area contributed by atoms with Crippen LogP contribution >= 0.6 is 0 Å². The Labute approximate surface area is 62.4 Å². The number of aliphatic hydroxyl groups excluding tert-OH is 1. The Morgan fingerprint density at radius 2 is 2.20 bits per heavy atom. The van der Waals surface area contributed by atoms with Gasteiger partial charge >= 0.3 is 0 Å². The molecule has 0 aliphatic carbocycles. The summed E-state index contributed by atoms with van der Waals surface area (Å²) in [4.78, 5) is 0. The van der Waals surface area contributed by atoms with Gasteiger partial charge in [0.15, 0.2) is 15.3 Å². The summed E-state index contributed by atoms with van der Waals surface area (Å²) >= 11 is 0. The van der Waals surface area contributed by atoms with Crippen molar-refractivity contribution in [1.82, 2.24) is 0 Å². The average Bonchev–Trinajstić information content (AvgIpc) is 1.88. The molecule has 0 aromatic rings. The van der Waals surface area contributed by atoms with E-state index >= 15 is 0 Å². The molecule has 2 N–H and O–H groups in total. The molecule has 1 unspecified atom stereocenters. The van der Waals surface area contributed by atoms with Crippen molar-refractivity contribution in [3.8, 4) is 0 Å². The quantitative estimate of drug-likeness (QED) is 0.438. The highest BCUT2D eigenvalue weighted by Crippen LogP contribution is 2.14. The van der Waals surface area contributed by atoms with E-state index in [9.17, 15) is 0 Å². The first-order chi connectivity index (χ1) is 4.79. The lowest BCUT2D eigenvalue weighted by atomic mass is 10.4. The van der Waals surface area contributed by atoms with Crippen LogP contribution in [0.15, 0.2) is 0 Å². The highest BCUT2D eigenvalue weighted by molar-refractivity contribution is 6.52. The zero-order valence-electron chi connectivity index (χ0n) is 5.99. The predicted octanol–water partition coefficient (Wildman–Crippen LogP) is -0.169. The Kier molecular flexibility index (Phi) is 3.34. The van der Waals surface area contributed by atoms with Gasteiger partial charge in [0.1, 0.15) is 0 Å². The molecule has 1 fully saturated rings. The van der Waals surface area contributed by atoms with E-state index in [1.807, 2.05) is 0 Å². The van der Waals surface area contributed by atoms with Crippen LogP contribution in [0, 0.1) is 0 Å². The third-order valence-electron chi connectivity index (χ3n) is 1.75. The summed E-state index contributed by atoms with van der Waals surface area (Å²) in [7, 11) is -1.18. The summed E-state index contributed by atoms with van der Waals surface area (Å²) in [6.45, 7) is 0.837. The Hall–Kier alpha value is 0.0969. The van der Waals surface area contributed by atoms with Crippen molar-refractivity contribution >= 4 is 9.04 Å². The van der Waals surface area contributed by atoms with E-state index in [1.165, 1.54) is 6.42 Å². The summed E-state index contributed by atoms with van der Waals surface area (Å²) in [5.74, 6) is 0. The van der Waals surface area contributed by atoms with Gasteiger partial charge in [0, 0.05) is 12.7 Å². The van der Waals surface area contributed by atoms with Gasteiger partial charge in [-0.1, -0.05) is 6.42 Å². The Balaban J connectivity index is 2.13. The molecule has 1 rings (SSSR count). The normalized spacial score (nSPS) is 27.3. The minimum atomic E-state index is -1.18. The van der Waals surface area contributed by atoms with Gasteiger partial charge in [-0.2, -0.15) is 0 Å². The van der Waals surface area contributed by atoms with Crippen LogP contribution in [-0.4, -0.2) is 32.2 Å². The largest absolute Gasteiger partial charge is 0.420 e. The van der Waals surface area contributed by atoms with Crippen molar-refractivity contribution in [2.24, 2.45) is 0 Å². The van der Waals surface area contributed by atoms with Gasteiger partial charge in [0.2, 0.25) is 0 Å². The lowest BCUT2D eigenvalue weighted by molar-refractivity contribution is -0.0258. The molecule has 0 spiro atoms. The Bertz CT molecular complexity index is 91.0. The summed E-state index contributed by atoms with van der Waals surface area (Å²) in [5.41, 5.74) is 0. The van der Waals surface area contributed by atoms with E-state index in [-0.39, 0.29) is 0 Å². The topological polar surface area (TPSA) is 49.7 Å². The molecule has 1 saturated heterocycles. The summed E-state index contributed by atoms with van der Waals surface area (Å²) in [6.07, 6.45) is 1.21. The van der Waals surface area contributed by atoms with Crippen LogP contribution in [0.5, 0.6) is 0 Å². The van der Waals surface area contributed by atoms with Gasteiger partial charge in [0.05, 0.1) is 0 Å². The van der Waals surface area contributed by atoms with Gasteiger partial charge in [-0.3, -0.25) is 0 Å². The third-order valence-corrected chi connectivity index (χ3v) is 4.45. The molecule has 1 aliphatic heterocycles. The SMILES string of the molecule is OC(O)C[SiH]1CCCCO1. The first kappa shape index (κ1) is 8.20. The number of rotatable bonds is 2. The maximum Gasteiger partial charge on any atom is 0.181 e. The maximum atomic E-state index is 8.61. The van der Waals surface area contributed by atoms with Gasteiger partial charge in [0.25, 0.3) is 0 Å². The van der Waals surface area contributed by atoms with Crippen molar-refractivity contribution in [1.29, 1.82) is 0 Å². The van der Waals surface area contributed by atoms with Crippen molar-refractivity contribution in [2.45, 2.75) is 31.2 Å². The summed E-state index contributed by atoms with van der Waals surface area (Å²) in [5, 5.41) is 17.2. The minimum Gasteiger partial charge on any atom is -0.420 e. The van der Waals surface area contributed by atoms with Gasteiger partial charge in [-0.15, -0.1) is 0 Å². The van der Waals surface area contributed by atoms with Crippen molar-refractivity contribution in [2.75, 3.05) is 6.61 Å². The van der Waals surface area contributed by atoms with E-state index in [0.29, 0.717) is 6.04 Å². The molecule has 1 heterocycles. The lowest BCUT2D eigenvalue weighted by Crippen LogP contribution is -2.27. The molecule has 0 bridgehead atoms. The highest BCUT2D eigenvalue weighted by Gasteiger charge is 2.18. The molecule has 0 radical (unpaired) electrons. The van der Waals surface area contributed by atoms with E-state index in [1.54, 1.807) is 0 Å². The fraction of sp³-hybridized carbons (Fsp3) is 1.00. The Morgan fingerprint density at radius 3 is 2.70 bits per heavy atom. The molecular weight excluding hydrogens is 148 g/mol. The van der Waals surface area contributed by atoms with Crippen LogP contribution in [0.25, 0.3) is 0 Å². The van der Waals surface area contributed by atoms with E-state index in [4.69, 9.17) is 14.6 Å². The number of aliphatic hydroxyl groups is 2. The van der Waals surface area contributed by atoms with Gasteiger partial charge < -0.3 is 14.6 Å². The molecule has 0 saturated carbocycles. The maximum absolute atomic E-state index is 8.61. The molecule has 10 heavy (non-hydrogen) atoms. The molecule has 4 heteroatoms. The van der Waals surface area contributed by atoms with Gasteiger partial charge in [-0.05, 0) is 12.5 Å². The molecule has 60 valence electrons. The smallest absolute Gasteiger partial charge is 0.181 e. The van der Waals surface area contributed by atoms with Gasteiger partial charge in [-0.25, -0.2) is 0 Å². The van der Waals surface area contributed by atoms with Crippen molar-refractivity contribution in [3.63, 3.8) is 0 Å². The van der Waals surface area contributed by atoms with Crippen LogP contribution in [0.3, 0.4) is 0 Å². The van der Waals surface area contributed by atoms with Crippen LogP contribution in [0.1, 0.15) is 12.8 Å². The average molecular weight is 162 g/mol. The van der Waals surface area contributed by atoms with E-state index in [2.05, 4.69) is 0 Å². The first-order valence-electron chi connectivity index (χ1n) is 3.77. The zero-order valence-corrected chi connectivity index (χ0v) is 7.15. The molecule has 0 aromatic heterocycles. The summed E-state index contributed by atoms with van der Waals surface area (Å²) < 4.78 is 5.41. The third kappa shape index (κ3) is 2.79. The monoisotopic (exact) mass is 162 g/mol. The first-order valence-corrected chi connectivity index (χ1v) is 5.87. The second-order valence-corrected chi connectivity index (χ2v) is 5.33. The van der Waals surface area contributed by atoms with E-state index < -0.39 is 15.3 Å². The standard InChI is InChI=1S/C6H14O3Si/c7-6(8)5-10-4-2-1-3-9-10/h6-8,10H,1-5H2. The fourth-order valence-electron chi connectivity index (χ4n) is 1.23. The van der Waals surface area contributed by atoms with Crippen molar-refractivity contribution < 1.29 is 14.6 Å². The van der Waals surface area contributed by atoms with Crippen molar-refractivity contribution in [3.05, 3.63) is 0 Å². The summed E-state index contributed by atoms with van der Waals surface area (Å²) in [6, 6.07) is 1.61. The zero-order chi connectivity index (χ0) is 7.40. The van der Waals surface area contributed by atoms with E-state index in [0.717, 1.165) is 19.1 Å². The fourth-order valence-corrected chi connectivity index (χ4v) is 3.48. The minimum absolute atomic E-state index is 0.500. The predicted molar refractivity (Wildman–Crippen MR) is 40.2 cm³/mol. The van der Waals surface area contributed by atoms with Crippen LogP contribution in [0.4, 0.5) is 0 Å². The van der Waals surface area contributed by atoms with Crippen LogP contribution < -0.4 is 0 Å². The molecule has 0 aromatic carbocycles. The number of hydrogen-bond acceptors (Lipinski definition) is 3. The molecule has 1 aliphatic rings. The molecule has 1 atom stereocenters. The second-order valence-electron chi connectivity index (χ2n) is 2.70.